The van der Waals surface area contributed by atoms with Crippen molar-refractivity contribution in [2.75, 3.05) is 5.73 Å². The number of anilines is 1. The molecule has 13 heavy (non-hydrogen) atoms. The second-order valence-corrected chi connectivity index (χ2v) is 3.54. The van der Waals surface area contributed by atoms with Gasteiger partial charge in [0.15, 0.2) is 0 Å². The Bertz CT molecular complexity index is 466. The third-order valence-corrected chi connectivity index (χ3v) is 2.59. The minimum atomic E-state index is 0.578. The third-order valence-electron chi connectivity index (χ3n) is 2.11. The number of aryl methyl sites for hydroxylation is 1. The maximum absolute atomic E-state index is 5.74. The van der Waals surface area contributed by atoms with E-state index in [1.165, 1.54) is 0 Å². The average Bonchev–Trinajstić information content (AvgIpc) is 2.09. The predicted octanol–water partition coefficient (Wildman–Crippen LogP) is 2.41. The molecule has 2 N–H and O–H groups in total. The molecule has 0 amide bonds. The second kappa shape index (κ2) is 2.92. The minimum absolute atomic E-state index is 0.578. The molecule has 0 aliphatic heterocycles. The fourth-order valence-electron chi connectivity index (χ4n) is 1.34. The van der Waals surface area contributed by atoms with Crippen LogP contribution < -0.4 is 5.73 Å². The average molecular weight is 190 g/mol. The third kappa shape index (κ3) is 1.35. The van der Waals surface area contributed by atoms with Crippen LogP contribution >= 0.6 is 12.6 Å². The van der Waals surface area contributed by atoms with Crippen molar-refractivity contribution >= 4 is 29.2 Å². The van der Waals surface area contributed by atoms with E-state index in [1.807, 2.05) is 25.1 Å². The van der Waals surface area contributed by atoms with E-state index in [4.69, 9.17) is 5.73 Å². The summed E-state index contributed by atoms with van der Waals surface area (Å²) >= 11 is 4.35. The molecule has 0 bridgehead atoms. The van der Waals surface area contributed by atoms with Crippen LogP contribution in [0.5, 0.6) is 0 Å². The molecule has 0 spiro atoms. The summed E-state index contributed by atoms with van der Waals surface area (Å²) in [5.41, 5.74) is 6.86. The molecule has 2 aromatic rings. The van der Waals surface area contributed by atoms with E-state index in [1.54, 1.807) is 6.20 Å². The predicted molar refractivity (Wildman–Crippen MR) is 58.1 cm³/mol. The first kappa shape index (κ1) is 8.38. The Kier molecular flexibility index (Phi) is 1.88. The number of fused-ring (bicyclic) bond motifs is 1. The molecule has 2 nitrogen and oxygen atoms in total. The number of nitrogens with two attached hydrogens (primary N) is 1. The summed E-state index contributed by atoms with van der Waals surface area (Å²) in [6.07, 6.45) is 1.71. The number of rotatable bonds is 0. The zero-order valence-corrected chi connectivity index (χ0v) is 8.18. The summed E-state index contributed by atoms with van der Waals surface area (Å²) in [6, 6.07) is 5.96. The van der Waals surface area contributed by atoms with Crippen LogP contribution in [-0.2, 0) is 0 Å². The van der Waals surface area contributed by atoms with E-state index in [0.29, 0.717) is 5.82 Å². The molecule has 1 aromatic heterocycles. The SMILES string of the molecule is Cc1cc2c(N)nccc2cc1S. The summed E-state index contributed by atoms with van der Waals surface area (Å²) in [7, 11) is 0. The van der Waals surface area contributed by atoms with Crippen molar-refractivity contribution in [3.8, 4) is 0 Å². The lowest BCUT2D eigenvalue weighted by Gasteiger charge is -2.04. The highest BCUT2D eigenvalue weighted by Crippen LogP contribution is 2.24. The quantitative estimate of drug-likeness (QED) is 0.626. The largest absolute Gasteiger partial charge is 0.383 e. The van der Waals surface area contributed by atoms with Gasteiger partial charge in [-0.15, -0.1) is 12.6 Å². The molecule has 0 aliphatic rings. The van der Waals surface area contributed by atoms with Crippen molar-refractivity contribution in [3.05, 3.63) is 30.0 Å². The number of aromatic nitrogens is 1. The maximum atomic E-state index is 5.74. The van der Waals surface area contributed by atoms with Crippen LogP contribution in [0.3, 0.4) is 0 Å². The highest BCUT2D eigenvalue weighted by atomic mass is 32.1. The lowest BCUT2D eigenvalue weighted by Crippen LogP contribution is -1.91. The van der Waals surface area contributed by atoms with Gasteiger partial charge in [0.2, 0.25) is 0 Å². The van der Waals surface area contributed by atoms with Crippen molar-refractivity contribution in [3.63, 3.8) is 0 Å². The zero-order chi connectivity index (χ0) is 9.42. The summed E-state index contributed by atoms with van der Waals surface area (Å²) in [6.45, 7) is 2.01. The van der Waals surface area contributed by atoms with Gasteiger partial charge in [0.05, 0.1) is 0 Å². The van der Waals surface area contributed by atoms with Gasteiger partial charge in [-0.1, -0.05) is 0 Å². The molecule has 1 heterocycles. The lowest BCUT2D eigenvalue weighted by molar-refractivity contribution is 1.31. The van der Waals surface area contributed by atoms with Crippen LogP contribution in [-0.4, -0.2) is 4.98 Å². The first-order chi connectivity index (χ1) is 6.18. The van der Waals surface area contributed by atoms with E-state index >= 15 is 0 Å². The van der Waals surface area contributed by atoms with Crippen LogP contribution in [0.2, 0.25) is 0 Å². The number of benzene rings is 1. The van der Waals surface area contributed by atoms with E-state index < -0.39 is 0 Å². The summed E-state index contributed by atoms with van der Waals surface area (Å²) in [5.74, 6) is 0.578. The van der Waals surface area contributed by atoms with Gasteiger partial charge in [0.1, 0.15) is 5.82 Å². The molecular weight excluding hydrogens is 180 g/mol. The van der Waals surface area contributed by atoms with Gasteiger partial charge in [-0.3, -0.25) is 0 Å². The van der Waals surface area contributed by atoms with Gasteiger partial charge < -0.3 is 5.73 Å². The Morgan fingerprint density at radius 2 is 2.15 bits per heavy atom. The van der Waals surface area contributed by atoms with Crippen molar-refractivity contribution < 1.29 is 0 Å². The van der Waals surface area contributed by atoms with Crippen LogP contribution in [0.25, 0.3) is 10.8 Å². The summed E-state index contributed by atoms with van der Waals surface area (Å²) in [5, 5.41) is 2.08. The van der Waals surface area contributed by atoms with Crippen molar-refractivity contribution in [2.24, 2.45) is 0 Å². The smallest absolute Gasteiger partial charge is 0.131 e. The molecule has 2 rings (SSSR count). The van der Waals surface area contributed by atoms with Gasteiger partial charge in [-0.25, -0.2) is 4.98 Å². The second-order valence-electron chi connectivity index (χ2n) is 3.06. The molecule has 0 atom stereocenters. The molecule has 0 saturated heterocycles. The highest BCUT2D eigenvalue weighted by molar-refractivity contribution is 7.80. The van der Waals surface area contributed by atoms with Crippen LogP contribution in [0.4, 0.5) is 5.82 Å². The van der Waals surface area contributed by atoms with Crippen LogP contribution in [0, 0.1) is 6.92 Å². The standard InChI is InChI=1S/C10H10N2S/c1-6-4-8-7(5-9(6)13)2-3-12-10(8)11/h2-5,13H,1H3,(H2,11,12). The van der Waals surface area contributed by atoms with Gasteiger partial charge in [-0.05, 0) is 36.1 Å². The number of thiol groups is 1. The van der Waals surface area contributed by atoms with E-state index in [0.717, 1.165) is 21.2 Å². The first-order valence-electron chi connectivity index (χ1n) is 4.02. The van der Waals surface area contributed by atoms with Crippen molar-refractivity contribution in [2.45, 2.75) is 11.8 Å². The number of nitrogens with zero attached hydrogens (tertiary/aromatic N) is 1. The molecule has 3 heteroatoms. The number of hydrogen-bond acceptors (Lipinski definition) is 3. The molecule has 0 saturated carbocycles. The number of hydrogen-bond donors (Lipinski definition) is 2. The summed E-state index contributed by atoms with van der Waals surface area (Å²) in [4.78, 5) is 5.02. The molecule has 0 aliphatic carbocycles. The van der Waals surface area contributed by atoms with Gasteiger partial charge in [-0.2, -0.15) is 0 Å². The van der Waals surface area contributed by atoms with Gasteiger partial charge >= 0.3 is 0 Å². The van der Waals surface area contributed by atoms with E-state index in [2.05, 4.69) is 17.6 Å². The van der Waals surface area contributed by atoms with Gasteiger partial charge in [0.25, 0.3) is 0 Å². The van der Waals surface area contributed by atoms with Crippen LogP contribution in [0.1, 0.15) is 5.56 Å². The molecule has 1 aromatic carbocycles. The zero-order valence-electron chi connectivity index (χ0n) is 7.28. The van der Waals surface area contributed by atoms with E-state index in [9.17, 15) is 0 Å². The monoisotopic (exact) mass is 190 g/mol. The molecule has 0 fully saturated rings. The normalized spacial score (nSPS) is 10.6. The van der Waals surface area contributed by atoms with Gasteiger partial charge in [0, 0.05) is 16.5 Å². The van der Waals surface area contributed by atoms with E-state index in [-0.39, 0.29) is 0 Å². The Hall–Kier alpha value is -1.22. The Labute approximate surface area is 82.2 Å². The van der Waals surface area contributed by atoms with Crippen molar-refractivity contribution in [1.82, 2.24) is 4.98 Å². The topological polar surface area (TPSA) is 38.9 Å². The molecular formula is C10H10N2S. The fraction of sp³-hybridized carbons (Fsp3) is 0.100. The Morgan fingerprint density at radius 3 is 2.92 bits per heavy atom. The fourth-order valence-corrected chi connectivity index (χ4v) is 1.54. The Morgan fingerprint density at radius 1 is 1.38 bits per heavy atom. The maximum Gasteiger partial charge on any atom is 0.131 e. The highest BCUT2D eigenvalue weighted by Gasteiger charge is 2.01. The molecule has 0 radical (unpaired) electrons. The van der Waals surface area contributed by atoms with Crippen LogP contribution in [0.15, 0.2) is 29.3 Å². The minimum Gasteiger partial charge on any atom is -0.383 e. The summed E-state index contributed by atoms with van der Waals surface area (Å²) < 4.78 is 0. The molecule has 0 unspecified atom stereocenters. The Balaban J connectivity index is 2.89. The first-order valence-corrected chi connectivity index (χ1v) is 4.47. The number of nitrogen functional groups attached to an aromatic ring is 1. The number of pyridine rings is 1. The van der Waals surface area contributed by atoms with Crippen molar-refractivity contribution in [1.29, 1.82) is 0 Å². The lowest BCUT2D eigenvalue weighted by atomic mass is 10.1. The molecule has 66 valence electrons.